The number of hydrogen-bond acceptors (Lipinski definition) is 3. The van der Waals surface area contributed by atoms with E-state index in [0.717, 1.165) is 5.65 Å². The molecule has 1 unspecified atom stereocenters. The Morgan fingerprint density at radius 1 is 1.57 bits per heavy atom. The molecular formula is C10H12N2O2. The van der Waals surface area contributed by atoms with Crippen molar-refractivity contribution in [2.45, 2.75) is 6.10 Å². The van der Waals surface area contributed by atoms with E-state index in [1.807, 2.05) is 28.8 Å². The monoisotopic (exact) mass is 192 g/mol. The molecule has 0 aromatic carbocycles. The van der Waals surface area contributed by atoms with E-state index in [4.69, 9.17) is 4.74 Å². The quantitative estimate of drug-likeness (QED) is 0.789. The minimum atomic E-state index is -0.653. The first-order valence-corrected chi connectivity index (χ1v) is 4.42. The van der Waals surface area contributed by atoms with Crippen molar-refractivity contribution in [1.29, 1.82) is 0 Å². The number of aromatic nitrogens is 2. The van der Waals surface area contributed by atoms with Crippen LogP contribution >= 0.6 is 0 Å². The van der Waals surface area contributed by atoms with Gasteiger partial charge in [-0.15, -0.1) is 0 Å². The molecule has 0 bridgehead atoms. The largest absolute Gasteiger partial charge is 0.384 e. The summed E-state index contributed by atoms with van der Waals surface area (Å²) in [4.78, 5) is 4.26. The number of aliphatic hydroxyl groups excluding tert-OH is 1. The maximum absolute atomic E-state index is 9.62. The zero-order valence-electron chi connectivity index (χ0n) is 7.92. The summed E-state index contributed by atoms with van der Waals surface area (Å²) in [5, 5.41) is 9.62. The maximum atomic E-state index is 9.62. The van der Waals surface area contributed by atoms with E-state index in [1.165, 1.54) is 0 Å². The van der Waals surface area contributed by atoms with Gasteiger partial charge in [0.05, 0.1) is 12.3 Å². The predicted molar refractivity (Wildman–Crippen MR) is 52.0 cm³/mol. The van der Waals surface area contributed by atoms with Crippen molar-refractivity contribution in [3.05, 3.63) is 36.3 Å². The van der Waals surface area contributed by atoms with Gasteiger partial charge < -0.3 is 14.2 Å². The smallest absolute Gasteiger partial charge is 0.137 e. The number of nitrogens with zero attached hydrogens (tertiary/aromatic N) is 2. The highest BCUT2D eigenvalue weighted by Gasteiger charge is 2.10. The second-order valence-corrected chi connectivity index (χ2v) is 3.10. The lowest BCUT2D eigenvalue weighted by atomic mass is 10.3. The molecule has 0 saturated carbocycles. The highest BCUT2D eigenvalue weighted by Crippen LogP contribution is 2.12. The summed E-state index contributed by atoms with van der Waals surface area (Å²) < 4.78 is 6.72. The number of aliphatic hydroxyl groups is 1. The zero-order chi connectivity index (χ0) is 9.97. The third-order valence-corrected chi connectivity index (χ3v) is 2.05. The molecular weight excluding hydrogens is 180 g/mol. The van der Waals surface area contributed by atoms with Gasteiger partial charge in [-0.2, -0.15) is 0 Å². The van der Waals surface area contributed by atoms with Crippen LogP contribution in [0.25, 0.3) is 5.65 Å². The lowest BCUT2D eigenvalue weighted by Crippen LogP contribution is -2.04. The Hall–Kier alpha value is -1.39. The Kier molecular flexibility index (Phi) is 2.47. The summed E-state index contributed by atoms with van der Waals surface area (Å²) in [6, 6.07) is 5.72. The van der Waals surface area contributed by atoms with Crippen molar-refractivity contribution in [2.75, 3.05) is 13.7 Å². The van der Waals surface area contributed by atoms with E-state index < -0.39 is 6.10 Å². The SMILES string of the molecule is COCC(O)c1cn2ccccc2n1. The average molecular weight is 192 g/mol. The van der Waals surface area contributed by atoms with Gasteiger partial charge in [0, 0.05) is 19.5 Å². The number of fused-ring (bicyclic) bond motifs is 1. The zero-order valence-corrected chi connectivity index (χ0v) is 7.92. The molecule has 2 aromatic heterocycles. The van der Waals surface area contributed by atoms with Crippen LogP contribution in [0.3, 0.4) is 0 Å². The molecule has 0 saturated heterocycles. The molecule has 0 amide bonds. The Balaban J connectivity index is 2.35. The molecule has 1 atom stereocenters. The van der Waals surface area contributed by atoms with Crippen LogP contribution in [0.1, 0.15) is 11.8 Å². The molecule has 4 nitrogen and oxygen atoms in total. The first-order valence-electron chi connectivity index (χ1n) is 4.42. The minimum Gasteiger partial charge on any atom is -0.384 e. The van der Waals surface area contributed by atoms with E-state index in [-0.39, 0.29) is 6.61 Å². The van der Waals surface area contributed by atoms with Crippen LogP contribution in [0, 0.1) is 0 Å². The number of pyridine rings is 1. The average Bonchev–Trinajstić information content (AvgIpc) is 2.61. The van der Waals surface area contributed by atoms with Gasteiger partial charge in [0.25, 0.3) is 0 Å². The summed E-state index contributed by atoms with van der Waals surface area (Å²) in [5.74, 6) is 0. The molecule has 0 fully saturated rings. The lowest BCUT2D eigenvalue weighted by Gasteiger charge is -2.04. The third-order valence-electron chi connectivity index (χ3n) is 2.05. The van der Waals surface area contributed by atoms with Crippen molar-refractivity contribution in [3.8, 4) is 0 Å². The number of rotatable bonds is 3. The first-order chi connectivity index (χ1) is 6.81. The van der Waals surface area contributed by atoms with Crippen LogP contribution in [-0.2, 0) is 4.74 Å². The van der Waals surface area contributed by atoms with Gasteiger partial charge in [0.2, 0.25) is 0 Å². The van der Waals surface area contributed by atoms with Gasteiger partial charge in [-0.25, -0.2) is 4.98 Å². The van der Waals surface area contributed by atoms with Gasteiger partial charge in [0.15, 0.2) is 0 Å². The van der Waals surface area contributed by atoms with Gasteiger partial charge in [-0.3, -0.25) is 0 Å². The molecule has 2 heterocycles. The number of hydrogen-bond donors (Lipinski definition) is 1. The summed E-state index contributed by atoms with van der Waals surface area (Å²) >= 11 is 0. The molecule has 0 aliphatic carbocycles. The summed E-state index contributed by atoms with van der Waals surface area (Å²) in [7, 11) is 1.55. The normalized spacial score (nSPS) is 13.3. The van der Waals surface area contributed by atoms with Crippen LogP contribution in [-0.4, -0.2) is 28.2 Å². The molecule has 0 radical (unpaired) electrons. The van der Waals surface area contributed by atoms with Crippen molar-refractivity contribution < 1.29 is 9.84 Å². The molecule has 74 valence electrons. The highest BCUT2D eigenvalue weighted by molar-refractivity contribution is 5.39. The fourth-order valence-electron chi connectivity index (χ4n) is 1.36. The number of ether oxygens (including phenoxy) is 1. The van der Waals surface area contributed by atoms with Crippen LogP contribution in [0.2, 0.25) is 0 Å². The summed E-state index contributed by atoms with van der Waals surface area (Å²) in [6.07, 6.45) is 3.05. The Labute approximate surface area is 81.8 Å². The molecule has 0 spiro atoms. The molecule has 1 N–H and O–H groups in total. The highest BCUT2D eigenvalue weighted by atomic mass is 16.5. The third kappa shape index (κ3) is 1.62. The second kappa shape index (κ2) is 3.77. The standard InChI is InChI=1S/C10H12N2O2/c1-14-7-9(13)8-6-12-5-3-2-4-10(12)11-8/h2-6,9,13H,7H2,1H3. The molecule has 2 aromatic rings. The van der Waals surface area contributed by atoms with Crippen LogP contribution in [0.5, 0.6) is 0 Å². The van der Waals surface area contributed by atoms with Crippen LogP contribution in [0.4, 0.5) is 0 Å². The van der Waals surface area contributed by atoms with Crippen LogP contribution < -0.4 is 0 Å². The van der Waals surface area contributed by atoms with Crippen molar-refractivity contribution in [2.24, 2.45) is 0 Å². The van der Waals surface area contributed by atoms with Crippen molar-refractivity contribution >= 4 is 5.65 Å². The number of imidazole rings is 1. The second-order valence-electron chi connectivity index (χ2n) is 3.10. The molecule has 2 rings (SSSR count). The van der Waals surface area contributed by atoms with Crippen molar-refractivity contribution in [3.63, 3.8) is 0 Å². The Bertz CT molecular complexity index is 392. The predicted octanol–water partition coefficient (Wildman–Crippen LogP) is 1.01. The van der Waals surface area contributed by atoms with E-state index in [2.05, 4.69) is 4.98 Å². The molecule has 0 aliphatic heterocycles. The van der Waals surface area contributed by atoms with Gasteiger partial charge >= 0.3 is 0 Å². The Morgan fingerprint density at radius 3 is 3.14 bits per heavy atom. The van der Waals surface area contributed by atoms with E-state index in [0.29, 0.717) is 5.69 Å². The first kappa shape index (κ1) is 9.18. The lowest BCUT2D eigenvalue weighted by molar-refractivity contribution is 0.0620. The van der Waals surface area contributed by atoms with Gasteiger partial charge in [-0.1, -0.05) is 6.07 Å². The maximum Gasteiger partial charge on any atom is 0.137 e. The van der Waals surface area contributed by atoms with E-state index in [9.17, 15) is 5.11 Å². The fraction of sp³-hybridized carbons (Fsp3) is 0.300. The Morgan fingerprint density at radius 2 is 2.43 bits per heavy atom. The number of methoxy groups -OCH3 is 1. The van der Waals surface area contributed by atoms with E-state index in [1.54, 1.807) is 13.3 Å². The minimum absolute atomic E-state index is 0.268. The van der Waals surface area contributed by atoms with Crippen molar-refractivity contribution in [1.82, 2.24) is 9.38 Å². The fourth-order valence-corrected chi connectivity index (χ4v) is 1.36. The molecule has 4 heteroatoms. The topological polar surface area (TPSA) is 46.8 Å². The summed E-state index contributed by atoms with van der Waals surface area (Å²) in [5.41, 5.74) is 1.47. The molecule has 14 heavy (non-hydrogen) atoms. The van der Waals surface area contributed by atoms with Crippen LogP contribution in [0.15, 0.2) is 30.6 Å². The van der Waals surface area contributed by atoms with Gasteiger partial charge in [0.1, 0.15) is 11.8 Å². The van der Waals surface area contributed by atoms with E-state index >= 15 is 0 Å². The summed E-state index contributed by atoms with van der Waals surface area (Å²) in [6.45, 7) is 0.268. The molecule has 0 aliphatic rings. The van der Waals surface area contributed by atoms with Gasteiger partial charge in [-0.05, 0) is 12.1 Å².